The predicted molar refractivity (Wildman–Crippen MR) is 106 cm³/mol. The lowest BCUT2D eigenvalue weighted by molar-refractivity contribution is -0.147. The van der Waals surface area contributed by atoms with Crippen LogP contribution in [0.2, 0.25) is 0 Å². The highest BCUT2D eigenvalue weighted by atomic mass is 32.2. The highest BCUT2D eigenvalue weighted by molar-refractivity contribution is 8.02. The van der Waals surface area contributed by atoms with Crippen molar-refractivity contribution in [1.29, 1.82) is 0 Å². The van der Waals surface area contributed by atoms with Gasteiger partial charge in [-0.25, -0.2) is 0 Å². The van der Waals surface area contributed by atoms with Crippen LogP contribution < -0.4 is 5.32 Å². The molecule has 3 amide bonds. The number of carbonyl (C=O) groups is 3. The van der Waals surface area contributed by atoms with Gasteiger partial charge in [-0.05, 0) is 43.4 Å². The third-order valence-corrected chi connectivity index (χ3v) is 6.24. The highest BCUT2D eigenvalue weighted by Gasteiger charge is 2.40. The summed E-state index contributed by atoms with van der Waals surface area (Å²) in [6.45, 7) is 5.79. The second-order valence-electron chi connectivity index (χ2n) is 6.54. The van der Waals surface area contributed by atoms with Crippen molar-refractivity contribution in [2.75, 3.05) is 11.9 Å². The molecule has 0 aromatic heterocycles. The summed E-state index contributed by atoms with van der Waals surface area (Å²) in [4.78, 5) is 38.4. The second-order valence-corrected chi connectivity index (χ2v) is 7.95. The SMILES string of the molecule is CCCCc1ccc(NC(=O)CN2C(=O)C(CC)SC(CC)C2=O)cc1. The zero-order valence-corrected chi connectivity index (χ0v) is 16.6. The second kappa shape index (κ2) is 9.76. The van der Waals surface area contributed by atoms with Gasteiger partial charge in [0.1, 0.15) is 6.54 Å². The summed E-state index contributed by atoms with van der Waals surface area (Å²) in [5.41, 5.74) is 1.92. The Morgan fingerprint density at radius 1 is 1.04 bits per heavy atom. The quantitative estimate of drug-likeness (QED) is 0.704. The Kier molecular flexibility index (Phi) is 7.69. The molecule has 6 heteroatoms. The minimum absolute atomic E-state index is 0.219. The molecule has 0 spiro atoms. The molecule has 1 aromatic carbocycles. The smallest absolute Gasteiger partial charge is 0.244 e. The number of hydrogen-bond acceptors (Lipinski definition) is 4. The van der Waals surface area contributed by atoms with E-state index in [1.165, 1.54) is 17.3 Å². The van der Waals surface area contributed by atoms with Crippen molar-refractivity contribution in [2.45, 2.75) is 63.4 Å². The van der Waals surface area contributed by atoms with Gasteiger partial charge in [0, 0.05) is 5.69 Å². The summed E-state index contributed by atoms with van der Waals surface area (Å²) >= 11 is 1.42. The van der Waals surface area contributed by atoms with Crippen molar-refractivity contribution in [2.24, 2.45) is 0 Å². The van der Waals surface area contributed by atoms with Crippen LogP contribution in [0.1, 0.15) is 52.0 Å². The molecule has 1 aromatic rings. The van der Waals surface area contributed by atoms with Gasteiger partial charge in [0.05, 0.1) is 10.5 Å². The van der Waals surface area contributed by atoms with Crippen molar-refractivity contribution in [3.05, 3.63) is 29.8 Å². The van der Waals surface area contributed by atoms with Crippen LogP contribution in [0.15, 0.2) is 24.3 Å². The summed E-state index contributed by atoms with van der Waals surface area (Å²) < 4.78 is 0. The van der Waals surface area contributed by atoms with Gasteiger partial charge >= 0.3 is 0 Å². The van der Waals surface area contributed by atoms with E-state index in [2.05, 4.69) is 12.2 Å². The van der Waals surface area contributed by atoms with Crippen molar-refractivity contribution >= 4 is 35.2 Å². The average Bonchev–Trinajstić information content (AvgIpc) is 2.65. The fourth-order valence-corrected chi connectivity index (χ4v) is 4.22. The maximum absolute atomic E-state index is 12.5. The fraction of sp³-hybridized carbons (Fsp3) is 0.550. The van der Waals surface area contributed by atoms with Gasteiger partial charge in [-0.1, -0.05) is 39.3 Å². The van der Waals surface area contributed by atoms with Crippen LogP contribution in [0.25, 0.3) is 0 Å². The molecular formula is C20H28N2O3S. The molecule has 1 aliphatic rings. The number of carbonyl (C=O) groups excluding carboxylic acids is 3. The summed E-state index contributed by atoms with van der Waals surface area (Å²) in [5, 5.41) is 2.29. The molecule has 1 fully saturated rings. The number of anilines is 1. The van der Waals surface area contributed by atoms with E-state index in [0.717, 1.165) is 24.2 Å². The van der Waals surface area contributed by atoms with Crippen LogP contribution in [0.3, 0.4) is 0 Å². The first-order valence-electron chi connectivity index (χ1n) is 9.39. The number of imide groups is 1. The number of thioether (sulfide) groups is 1. The Balaban J connectivity index is 1.98. The maximum Gasteiger partial charge on any atom is 0.244 e. The molecule has 1 heterocycles. The zero-order chi connectivity index (χ0) is 19.1. The first-order chi connectivity index (χ1) is 12.5. The van der Waals surface area contributed by atoms with Crippen LogP contribution in [0, 0.1) is 0 Å². The molecule has 0 aliphatic carbocycles. The van der Waals surface area contributed by atoms with Crippen molar-refractivity contribution in [3.8, 4) is 0 Å². The van der Waals surface area contributed by atoms with Gasteiger partial charge in [0.15, 0.2) is 0 Å². The van der Waals surface area contributed by atoms with Crippen LogP contribution in [-0.2, 0) is 20.8 Å². The number of aryl methyl sites for hydroxylation is 1. The van der Waals surface area contributed by atoms with E-state index in [1.54, 1.807) is 0 Å². The lowest BCUT2D eigenvalue weighted by Gasteiger charge is -2.34. The topological polar surface area (TPSA) is 66.5 Å². The van der Waals surface area contributed by atoms with E-state index >= 15 is 0 Å². The van der Waals surface area contributed by atoms with Gasteiger partial charge < -0.3 is 5.32 Å². The number of amides is 3. The highest BCUT2D eigenvalue weighted by Crippen LogP contribution is 2.31. The molecule has 1 N–H and O–H groups in total. The summed E-state index contributed by atoms with van der Waals surface area (Å²) in [6.07, 6.45) is 4.62. The monoisotopic (exact) mass is 376 g/mol. The van der Waals surface area contributed by atoms with Gasteiger partial charge in [-0.2, -0.15) is 0 Å². The van der Waals surface area contributed by atoms with Crippen molar-refractivity contribution < 1.29 is 14.4 Å². The number of rotatable bonds is 8. The van der Waals surface area contributed by atoms with Gasteiger partial charge in [0.25, 0.3) is 0 Å². The van der Waals surface area contributed by atoms with Crippen LogP contribution in [0.4, 0.5) is 5.69 Å². The molecule has 5 nitrogen and oxygen atoms in total. The molecule has 1 saturated heterocycles. The molecule has 2 unspecified atom stereocenters. The number of hydrogen-bond donors (Lipinski definition) is 1. The number of benzene rings is 1. The van der Waals surface area contributed by atoms with Crippen LogP contribution in [-0.4, -0.2) is 39.7 Å². The van der Waals surface area contributed by atoms with E-state index in [1.807, 2.05) is 38.1 Å². The summed E-state index contributed by atoms with van der Waals surface area (Å²) in [5.74, 6) is -0.848. The molecule has 0 bridgehead atoms. The Morgan fingerprint density at radius 2 is 1.62 bits per heavy atom. The largest absolute Gasteiger partial charge is 0.325 e. The van der Waals surface area contributed by atoms with Gasteiger partial charge in [-0.15, -0.1) is 11.8 Å². The van der Waals surface area contributed by atoms with E-state index in [-0.39, 0.29) is 34.8 Å². The molecule has 1 aliphatic heterocycles. The van der Waals surface area contributed by atoms with E-state index < -0.39 is 0 Å². The standard InChI is InChI=1S/C20H28N2O3S/c1-4-7-8-14-9-11-15(12-10-14)21-18(23)13-22-19(24)16(5-2)26-17(6-3)20(22)25/h9-12,16-17H,4-8,13H2,1-3H3,(H,21,23). The predicted octanol–water partition coefficient (Wildman–Crippen LogP) is 3.63. The Morgan fingerprint density at radius 3 is 2.12 bits per heavy atom. The summed E-state index contributed by atoms with van der Waals surface area (Å²) in [6, 6.07) is 7.73. The average molecular weight is 377 g/mol. The third-order valence-electron chi connectivity index (χ3n) is 4.51. The molecule has 2 rings (SSSR count). The summed E-state index contributed by atoms with van der Waals surface area (Å²) in [7, 11) is 0. The first kappa shape index (κ1) is 20.5. The third kappa shape index (κ3) is 5.10. The maximum atomic E-state index is 12.5. The Bertz CT molecular complexity index is 623. The number of nitrogens with zero attached hydrogens (tertiary/aromatic N) is 1. The van der Waals surface area contributed by atoms with Crippen molar-refractivity contribution in [1.82, 2.24) is 4.90 Å². The minimum atomic E-state index is -0.343. The van der Waals surface area contributed by atoms with Gasteiger partial charge in [0.2, 0.25) is 17.7 Å². The Labute approximate surface area is 159 Å². The van der Waals surface area contributed by atoms with Crippen LogP contribution in [0.5, 0.6) is 0 Å². The first-order valence-corrected chi connectivity index (χ1v) is 10.3. The minimum Gasteiger partial charge on any atom is -0.325 e. The number of unbranched alkanes of at least 4 members (excludes halogenated alkanes) is 1. The number of nitrogens with one attached hydrogen (secondary N) is 1. The zero-order valence-electron chi connectivity index (χ0n) is 15.8. The Hall–Kier alpha value is -1.82. The van der Waals surface area contributed by atoms with E-state index in [0.29, 0.717) is 18.5 Å². The molecule has 2 atom stereocenters. The van der Waals surface area contributed by atoms with E-state index in [9.17, 15) is 14.4 Å². The molecular weight excluding hydrogens is 348 g/mol. The fourth-order valence-electron chi connectivity index (χ4n) is 2.95. The molecule has 142 valence electrons. The lowest BCUT2D eigenvalue weighted by atomic mass is 10.1. The van der Waals surface area contributed by atoms with E-state index in [4.69, 9.17) is 0 Å². The molecule has 0 saturated carbocycles. The molecule has 0 radical (unpaired) electrons. The normalized spacial score (nSPS) is 20.3. The molecule has 26 heavy (non-hydrogen) atoms. The van der Waals surface area contributed by atoms with Crippen molar-refractivity contribution in [3.63, 3.8) is 0 Å². The van der Waals surface area contributed by atoms with Crippen LogP contribution >= 0.6 is 11.8 Å². The lowest BCUT2D eigenvalue weighted by Crippen LogP contribution is -2.53. The van der Waals surface area contributed by atoms with Gasteiger partial charge in [-0.3, -0.25) is 19.3 Å².